The maximum atomic E-state index is 7.51. The van der Waals surface area contributed by atoms with Gasteiger partial charge < -0.3 is 10.6 Å². The highest BCUT2D eigenvalue weighted by Gasteiger charge is 2.28. The van der Waals surface area contributed by atoms with Gasteiger partial charge in [0.1, 0.15) is 11.5 Å². The third-order valence-corrected chi connectivity index (χ3v) is 3.76. The Morgan fingerprint density at radius 2 is 1.89 bits per heavy atom. The summed E-state index contributed by atoms with van der Waals surface area (Å²) < 4.78 is 0. The summed E-state index contributed by atoms with van der Waals surface area (Å²) in [6, 6.07) is 2.65. The Labute approximate surface area is 114 Å². The predicted octanol–water partition coefficient (Wildman–Crippen LogP) is 0.598. The molecule has 0 bridgehead atoms. The topological polar surface area (TPSA) is 82.1 Å². The van der Waals surface area contributed by atoms with Crippen LogP contribution in [0, 0.1) is 12.3 Å². The van der Waals surface area contributed by atoms with Gasteiger partial charge in [-0.05, 0) is 33.9 Å². The van der Waals surface area contributed by atoms with Crippen LogP contribution in [0.25, 0.3) is 0 Å². The lowest BCUT2D eigenvalue weighted by Crippen LogP contribution is -2.55. The standard InChI is InChI=1S/C13H22N6/c1-8-5-11(12(14)15)17-13(16-8)19-6-9(2)18(4)10(3)7-19/h5,9-10H,6-7H2,1-4H3,(H3,14,15). The van der Waals surface area contributed by atoms with Crippen molar-refractivity contribution >= 4 is 11.8 Å². The molecule has 1 fully saturated rings. The summed E-state index contributed by atoms with van der Waals surface area (Å²) in [6.07, 6.45) is 0. The Kier molecular flexibility index (Phi) is 3.71. The monoisotopic (exact) mass is 262 g/mol. The zero-order valence-electron chi connectivity index (χ0n) is 12.0. The van der Waals surface area contributed by atoms with Crippen molar-refractivity contribution in [1.82, 2.24) is 14.9 Å². The first kappa shape index (κ1) is 13.7. The van der Waals surface area contributed by atoms with E-state index in [0.29, 0.717) is 23.7 Å². The minimum absolute atomic E-state index is 0.0121. The molecule has 2 rings (SSSR count). The molecule has 3 N–H and O–H groups in total. The third-order valence-electron chi connectivity index (χ3n) is 3.76. The highest BCUT2D eigenvalue weighted by molar-refractivity contribution is 5.93. The van der Waals surface area contributed by atoms with E-state index >= 15 is 0 Å². The molecule has 2 atom stereocenters. The molecule has 1 aromatic heterocycles. The fraction of sp³-hybridized carbons (Fsp3) is 0.615. The van der Waals surface area contributed by atoms with Gasteiger partial charge in [0.05, 0.1) is 0 Å². The largest absolute Gasteiger partial charge is 0.382 e. The van der Waals surface area contributed by atoms with Crippen LogP contribution in [0.3, 0.4) is 0 Å². The summed E-state index contributed by atoms with van der Waals surface area (Å²) >= 11 is 0. The summed E-state index contributed by atoms with van der Waals surface area (Å²) in [7, 11) is 2.14. The van der Waals surface area contributed by atoms with Gasteiger partial charge in [-0.3, -0.25) is 10.3 Å². The molecule has 2 unspecified atom stereocenters. The van der Waals surface area contributed by atoms with Gasteiger partial charge in [0.15, 0.2) is 0 Å². The van der Waals surface area contributed by atoms with Crippen molar-refractivity contribution in [3.63, 3.8) is 0 Å². The number of hydrogen-bond acceptors (Lipinski definition) is 5. The zero-order valence-corrected chi connectivity index (χ0v) is 12.0. The second-order valence-electron chi connectivity index (χ2n) is 5.38. The van der Waals surface area contributed by atoms with Gasteiger partial charge in [-0.25, -0.2) is 9.97 Å². The Morgan fingerprint density at radius 1 is 1.32 bits per heavy atom. The quantitative estimate of drug-likeness (QED) is 0.602. The lowest BCUT2D eigenvalue weighted by Gasteiger charge is -2.42. The summed E-state index contributed by atoms with van der Waals surface area (Å²) in [5.74, 6) is 0.666. The molecule has 0 radical (unpaired) electrons. The normalized spacial score (nSPS) is 24.5. The fourth-order valence-corrected chi connectivity index (χ4v) is 2.40. The molecule has 1 aromatic rings. The number of nitrogen functional groups attached to an aromatic ring is 1. The van der Waals surface area contributed by atoms with Crippen molar-refractivity contribution in [2.75, 3.05) is 25.0 Å². The molecule has 0 aromatic carbocycles. The van der Waals surface area contributed by atoms with Crippen LogP contribution >= 0.6 is 0 Å². The SMILES string of the molecule is Cc1cc(C(=N)N)nc(N2CC(C)N(C)C(C)C2)n1. The maximum absolute atomic E-state index is 7.51. The van der Waals surface area contributed by atoms with Crippen LogP contribution < -0.4 is 10.6 Å². The predicted molar refractivity (Wildman–Crippen MR) is 76.7 cm³/mol. The van der Waals surface area contributed by atoms with Crippen molar-refractivity contribution in [3.8, 4) is 0 Å². The zero-order chi connectivity index (χ0) is 14.2. The van der Waals surface area contributed by atoms with Crippen molar-refractivity contribution in [2.24, 2.45) is 5.73 Å². The van der Waals surface area contributed by atoms with E-state index in [0.717, 1.165) is 18.8 Å². The van der Waals surface area contributed by atoms with Gasteiger partial charge in [-0.1, -0.05) is 0 Å². The number of aromatic nitrogens is 2. The van der Waals surface area contributed by atoms with Gasteiger partial charge >= 0.3 is 0 Å². The first-order valence-electron chi connectivity index (χ1n) is 6.55. The summed E-state index contributed by atoms with van der Waals surface area (Å²) in [6.45, 7) is 8.08. The molecular formula is C13H22N6. The lowest BCUT2D eigenvalue weighted by atomic mass is 10.1. The lowest BCUT2D eigenvalue weighted by molar-refractivity contribution is 0.169. The maximum Gasteiger partial charge on any atom is 0.226 e. The van der Waals surface area contributed by atoms with E-state index in [4.69, 9.17) is 11.1 Å². The molecule has 19 heavy (non-hydrogen) atoms. The van der Waals surface area contributed by atoms with Crippen LogP contribution in [0.15, 0.2) is 6.07 Å². The molecule has 0 aliphatic carbocycles. The highest BCUT2D eigenvalue weighted by atomic mass is 15.3. The van der Waals surface area contributed by atoms with Crippen LogP contribution in [0.1, 0.15) is 25.2 Å². The van der Waals surface area contributed by atoms with E-state index in [2.05, 4.69) is 40.7 Å². The molecule has 6 nitrogen and oxygen atoms in total. The summed E-state index contributed by atoms with van der Waals surface area (Å²) in [4.78, 5) is 13.4. The number of rotatable bonds is 2. The minimum atomic E-state index is -0.0121. The summed E-state index contributed by atoms with van der Waals surface area (Å²) in [5, 5.41) is 7.51. The van der Waals surface area contributed by atoms with Crippen molar-refractivity contribution in [3.05, 3.63) is 17.5 Å². The molecule has 1 saturated heterocycles. The molecule has 1 aliphatic heterocycles. The third kappa shape index (κ3) is 2.84. The molecule has 2 heterocycles. The second kappa shape index (κ2) is 5.13. The first-order chi connectivity index (χ1) is 8.88. The van der Waals surface area contributed by atoms with Crippen LogP contribution in [-0.2, 0) is 0 Å². The van der Waals surface area contributed by atoms with E-state index in [-0.39, 0.29) is 5.84 Å². The van der Waals surface area contributed by atoms with E-state index in [1.807, 2.05) is 6.92 Å². The van der Waals surface area contributed by atoms with Gasteiger partial charge in [-0.15, -0.1) is 0 Å². The number of likely N-dealkylation sites (N-methyl/N-ethyl adjacent to an activating group) is 1. The van der Waals surface area contributed by atoms with E-state index in [1.54, 1.807) is 6.07 Å². The Morgan fingerprint density at radius 3 is 2.42 bits per heavy atom. The average molecular weight is 262 g/mol. The van der Waals surface area contributed by atoms with E-state index < -0.39 is 0 Å². The highest BCUT2D eigenvalue weighted by Crippen LogP contribution is 2.18. The van der Waals surface area contributed by atoms with Gasteiger partial charge in [0.25, 0.3) is 0 Å². The van der Waals surface area contributed by atoms with E-state index in [9.17, 15) is 0 Å². The molecule has 6 heteroatoms. The molecular weight excluding hydrogens is 240 g/mol. The van der Waals surface area contributed by atoms with Crippen LogP contribution in [0.2, 0.25) is 0 Å². The van der Waals surface area contributed by atoms with Crippen molar-refractivity contribution in [2.45, 2.75) is 32.9 Å². The number of nitrogens with two attached hydrogens (primary N) is 1. The molecule has 0 spiro atoms. The number of aryl methyl sites for hydroxylation is 1. The van der Waals surface area contributed by atoms with Gasteiger partial charge in [-0.2, -0.15) is 0 Å². The molecule has 0 saturated carbocycles. The van der Waals surface area contributed by atoms with Crippen LogP contribution in [-0.4, -0.2) is 52.9 Å². The molecule has 0 amide bonds. The summed E-state index contributed by atoms with van der Waals surface area (Å²) in [5.41, 5.74) is 6.87. The van der Waals surface area contributed by atoms with Crippen molar-refractivity contribution in [1.29, 1.82) is 5.41 Å². The molecule has 1 aliphatic rings. The number of amidine groups is 1. The Hall–Kier alpha value is -1.69. The number of anilines is 1. The minimum Gasteiger partial charge on any atom is -0.382 e. The second-order valence-corrected chi connectivity index (χ2v) is 5.38. The number of nitrogens with one attached hydrogen (secondary N) is 1. The van der Waals surface area contributed by atoms with E-state index in [1.165, 1.54) is 0 Å². The average Bonchev–Trinajstić information content (AvgIpc) is 2.34. The number of piperazine rings is 1. The van der Waals surface area contributed by atoms with Crippen LogP contribution in [0.5, 0.6) is 0 Å². The van der Waals surface area contributed by atoms with Crippen LogP contribution in [0.4, 0.5) is 5.95 Å². The fourth-order valence-electron chi connectivity index (χ4n) is 2.40. The number of nitrogens with zero attached hydrogens (tertiary/aromatic N) is 4. The first-order valence-corrected chi connectivity index (χ1v) is 6.55. The number of hydrogen-bond donors (Lipinski definition) is 2. The Balaban J connectivity index is 2.29. The van der Waals surface area contributed by atoms with Gasteiger partial charge in [0, 0.05) is 30.9 Å². The molecule has 104 valence electrons. The smallest absolute Gasteiger partial charge is 0.226 e. The van der Waals surface area contributed by atoms with Crippen molar-refractivity contribution < 1.29 is 0 Å². The Bertz CT molecular complexity index is 474. The van der Waals surface area contributed by atoms with Gasteiger partial charge in [0.2, 0.25) is 5.95 Å².